The number of carbonyl (C=O) groups is 1. The van der Waals surface area contributed by atoms with E-state index in [1.807, 2.05) is 20.0 Å². The Labute approximate surface area is 139 Å². The SMILES string of the molecule is Cc1cnc(C)c(N2CCC3(CC2)CC(=O)N(CC(C)C)C3)n1. The van der Waals surface area contributed by atoms with Crippen molar-refractivity contribution in [3.05, 3.63) is 17.6 Å². The van der Waals surface area contributed by atoms with Crippen LogP contribution in [-0.4, -0.2) is 47.0 Å². The summed E-state index contributed by atoms with van der Waals surface area (Å²) in [6, 6.07) is 0. The van der Waals surface area contributed by atoms with Crippen LogP contribution in [0, 0.1) is 25.2 Å². The minimum absolute atomic E-state index is 0.188. The number of piperidine rings is 1. The number of carbonyl (C=O) groups excluding carboxylic acids is 1. The van der Waals surface area contributed by atoms with E-state index in [4.69, 9.17) is 0 Å². The van der Waals surface area contributed by atoms with Gasteiger partial charge in [-0.25, -0.2) is 4.98 Å². The van der Waals surface area contributed by atoms with Gasteiger partial charge in [0.05, 0.1) is 11.4 Å². The van der Waals surface area contributed by atoms with E-state index in [0.717, 1.165) is 62.6 Å². The lowest BCUT2D eigenvalue weighted by Gasteiger charge is -2.39. The van der Waals surface area contributed by atoms with E-state index in [-0.39, 0.29) is 5.41 Å². The zero-order chi connectivity index (χ0) is 16.6. The third kappa shape index (κ3) is 3.33. The molecule has 0 saturated carbocycles. The van der Waals surface area contributed by atoms with Crippen LogP contribution < -0.4 is 4.90 Å². The summed E-state index contributed by atoms with van der Waals surface area (Å²) in [5.74, 6) is 1.90. The Balaban J connectivity index is 1.67. The highest BCUT2D eigenvalue weighted by Gasteiger charge is 2.45. The molecule has 23 heavy (non-hydrogen) atoms. The number of hydrogen-bond acceptors (Lipinski definition) is 4. The Morgan fingerprint density at radius 3 is 2.61 bits per heavy atom. The lowest BCUT2D eigenvalue weighted by Crippen LogP contribution is -2.42. The fourth-order valence-electron chi connectivity index (χ4n) is 3.94. The lowest BCUT2D eigenvalue weighted by atomic mass is 9.77. The first kappa shape index (κ1) is 16.2. The molecule has 0 aliphatic carbocycles. The van der Waals surface area contributed by atoms with E-state index in [0.29, 0.717) is 11.8 Å². The van der Waals surface area contributed by atoms with Crippen molar-refractivity contribution in [1.29, 1.82) is 0 Å². The quantitative estimate of drug-likeness (QED) is 0.860. The fraction of sp³-hybridized carbons (Fsp3) is 0.722. The van der Waals surface area contributed by atoms with E-state index in [9.17, 15) is 4.79 Å². The molecular weight excluding hydrogens is 288 g/mol. The van der Waals surface area contributed by atoms with Gasteiger partial charge in [0.15, 0.2) is 0 Å². The first-order chi connectivity index (χ1) is 10.9. The highest BCUT2D eigenvalue weighted by molar-refractivity contribution is 5.79. The predicted octanol–water partition coefficient (Wildman–Crippen LogP) is 2.57. The number of rotatable bonds is 3. The largest absolute Gasteiger partial charge is 0.355 e. The van der Waals surface area contributed by atoms with Crippen LogP contribution in [0.4, 0.5) is 5.82 Å². The molecule has 2 aliphatic rings. The molecule has 1 amide bonds. The third-order valence-corrected chi connectivity index (χ3v) is 5.17. The summed E-state index contributed by atoms with van der Waals surface area (Å²) in [5, 5.41) is 0. The van der Waals surface area contributed by atoms with Gasteiger partial charge in [-0.2, -0.15) is 0 Å². The van der Waals surface area contributed by atoms with E-state index in [1.165, 1.54) is 0 Å². The number of nitrogens with zero attached hydrogens (tertiary/aromatic N) is 4. The van der Waals surface area contributed by atoms with E-state index >= 15 is 0 Å². The van der Waals surface area contributed by atoms with Crippen LogP contribution in [0.1, 0.15) is 44.5 Å². The molecule has 0 radical (unpaired) electrons. The van der Waals surface area contributed by atoms with Crippen molar-refractivity contribution in [3.8, 4) is 0 Å². The molecule has 0 N–H and O–H groups in total. The zero-order valence-electron chi connectivity index (χ0n) is 14.8. The maximum Gasteiger partial charge on any atom is 0.223 e. The second-order valence-electron chi connectivity index (χ2n) is 7.75. The topological polar surface area (TPSA) is 49.3 Å². The number of hydrogen-bond donors (Lipinski definition) is 0. The summed E-state index contributed by atoms with van der Waals surface area (Å²) >= 11 is 0. The van der Waals surface area contributed by atoms with Crippen LogP contribution in [0.25, 0.3) is 0 Å². The summed E-state index contributed by atoms with van der Waals surface area (Å²) in [5.41, 5.74) is 2.15. The average Bonchev–Trinajstić information content (AvgIpc) is 2.78. The molecule has 0 aromatic carbocycles. The maximum atomic E-state index is 12.3. The van der Waals surface area contributed by atoms with E-state index < -0.39 is 0 Å². The molecule has 3 heterocycles. The van der Waals surface area contributed by atoms with Crippen molar-refractivity contribution >= 4 is 11.7 Å². The Bertz CT molecular complexity index is 591. The second-order valence-corrected chi connectivity index (χ2v) is 7.75. The van der Waals surface area contributed by atoms with Gasteiger partial charge in [0, 0.05) is 44.2 Å². The normalized spacial score (nSPS) is 20.8. The molecule has 1 aromatic rings. The minimum atomic E-state index is 0.188. The molecule has 5 heteroatoms. The Kier molecular flexibility index (Phi) is 4.30. The number of likely N-dealkylation sites (tertiary alicyclic amines) is 1. The fourth-order valence-corrected chi connectivity index (χ4v) is 3.94. The summed E-state index contributed by atoms with van der Waals surface area (Å²) < 4.78 is 0. The molecule has 0 atom stereocenters. The van der Waals surface area contributed by atoms with Crippen LogP contribution in [0.5, 0.6) is 0 Å². The van der Waals surface area contributed by atoms with Crippen LogP contribution in [0.2, 0.25) is 0 Å². The molecule has 2 aliphatic heterocycles. The number of amides is 1. The summed E-state index contributed by atoms with van der Waals surface area (Å²) in [6.45, 7) is 12.2. The minimum Gasteiger partial charge on any atom is -0.355 e. The molecule has 3 rings (SSSR count). The molecule has 0 unspecified atom stereocenters. The van der Waals surface area contributed by atoms with Crippen molar-refractivity contribution in [2.75, 3.05) is 31.1 Å². The second kappa shape index (κ2) is 6.10. The van der Waals surface area contributed by atoms with Crippen molar-refractivity contribution in [2.24, 2.45) is 11.3 Å². The third-order valence-electron chi connectivity index (χ3n) is 5.17. The van der Waals surface area contributed by atoms with Crippen molar-refractivity contribution in [1.82, 2.24) is 14.9 Å². The summed E-state index contributed by atoms with van der Waals surface area (Å²) in [6.07, 6.45) is 4.69. The number of aryl methyl sites for hydroxylation is 2. The van der Waals surface area contributed by atoms with Gasteiger partial charge >= 0.3 is 0 Å². The first-order valence-electron chi connectivity index (χ1n) is 8.71. The smallest absolute Gasteiger partial charge is 0.223 e. The van der Waals surface area contributed by atoms with Crippen LogP contribution >= 0.6 is 0 Å². The standard InChI is InChI=1S/C18H28N4O/c1-13(2)11-22-12-18(9-16(22)23)5-7-21(8-6-18)17-15(4)19-10-14(3)20-17/h10,13H,5-9,11-12H2,1-4H3. The summed E-state index contributed by atoms with van der Waals surface area (Å²) in [7, 11) is 0. The molecular formula is C18H28N4O. The van der Waals surface area contributed by atoms with Gasteiger partial charge in [-0.1, -0.05) is 13.8 Å². The zero-order valence-corrected chi connectivity index (χ0v) is 14.8. The van der Waals surface area contributed by atoms with Gasteiger partial charge in [0.1, 0.15) is 5.82 Å². The van der Waals surface area contributed by atoms with Gasteiger partial charge in [-0.05, 0) is 32.6 Å². The van der Waals surface area contributed by atoms with Gasteiger partial charge in [-0.15, -0.1) is 0 Å². The molecule has 5 nitrogen and oxygen atoms in total. The van der Waals surface area contributed by atoms with Gasteiger partial charge in [0.2, 0.25) is 5.91 Å². The van der Waals surface area contributed by atoms with Gasteiger partial charge in [0.25, 0.3) is 0 Å². The Morgan fingerprint density at radius 2 is 1.96 bits per heavy atom. The molecule has 2 fully saturated rings. The monoisotopic (exact) mass is 316 g/mol. The van der Waals surface area contributed by atoms with Gasteiger partial charge in [-0.3, -0.25) is 9.78 Å². The van der Waals surface area contributed by atoms with Crippen molar-refractivity contribution < 1.29 is 4.79 Å². The van der Waals surface area contributed by atoms with Gasteiger partial charge < -0.3 is 9.80 Å². The van der Waals surface area contributed by atoms with Crippen LogP contribution in [0.15, 0.2) is 6.20 Å². The average molecular weight is 316 g/mol. The Morgan fingerprint density at radius 1 is 1.26 bits per heavy atom. The molecule has 2 saturated heterocycles. The Hall–Kier alpha value is -1.65. The van der Waals surface area contributed by atoms with Crippen LogP contribution in [0.3, 0.4) is 0 Å². The first-order valence-corrected chi connectivity index (χ1v) is 8.71. The molecule has 1 aromatic heterocycles. The maximum absolute atomic E-state index is 12.3. The van der Waals surface area contributed by atoms with Crippen LogP contribution in [-0.2, 0) is 4.79 Å². The number of anilines is 1. The van der Waals surface area contributed by atoms with Crippen molar-refractivity contribution in [2.45, 2.75) is 47.0 Å². The van der Waals surface area contributed by atoms with E-state index in [1.54, 1.807) is 0 Å². The van der Waals surface area contributed by atoms with E-state index in [2.05, 4.69) is 33.6 Å². The highest BCUT2D eigenvalue weighted by atomic mass is 16.2. The highest BCUT2D eigenvalue weighted by Crippen LogP contribution is 2.42. The van der Waals surface area contributed by atoms with Crippen molar-refractivity contribution in [3.63, 3.8) is 0 Å². The molecule has 1 spiro atoms. The summed E-state index contributed by atoms with van der Waals surface area (Å²) in [4.78, 5) is 25.8. The number of aromatic nitrogens is 2. The lowest BCUT2D eigenvalue weighted by molar-refractivity contribution is -0.128. The predicted molar refractivity (Wildman–Crippen MR) is 91.4 cm³/mol. The molecule has 126 valence electrons. The molecule has 0 bridgehead atoms.